The van der Waals surface area contributed by atoms with Crippen LogP contribution in [-0.4, -0.2) is 46.8 Å². The highest BCUT2D eigenvalue weighted by Crippen LogP contribution is 2.20. The smallest absolute Gasteiger partial charge is 0.270 e. The molecule has 1 unspecified atom stereocenters. The van der Waals surface area contributed by atoms with E-state index in [1.807, 2.05) is 31.2 Å². The van der Waals surface area contributed by atoms with Crippen LogP contribution < -0.4 is 10.6 Å². The van der Waals surface area contributed by atoms with Gasteiger partial charge in [-0.15, -0.1) is 0 Å². The summed E-state index contributed by atoms with van der Waals surface area (Å²) < 4.78 is 23.0. The van der Waals surface area contributed by atoms with Crippen LogP contribution in [0.2, 0.25) is 0 Å². The van der Waals surface area contributed by atoms with Crippen LogP contribution in [0.15, 0.2) is 55.0 Å². The minimum atomic E-state index is -3.05. The van der Waals surface area contributed by atoms with Crippen molar-refractivity contribution in [2.24, 2.45) is 0 Å². The molecule has 0 spiro atoms. The first-order valence-electron chi connectivity index (χ1n) is 9.51. The SMILES string of the molecule is Cc1ccc(-c2cnc(Nc3ccc(C(=O)NC4CCS(=O)(=O)C4)nc3)nc2)cc1. The van der Waals surface area contributed by atoms with E-state index < -0.39 is 9.84 Å². The summed E-state index contributed by atoms with van der Waals surface area (Å²) in [7, 11) is -3.05. The highest BCUT2D eigenvalue weighted by molar-refractivity contribution is 7.91. The number of carbonyl (C=O) groups is 1. The first kappa shape index (κ1) is 20.0. The molecule has 3 aromatic rings. The Bertz CT molecular complexity index is 1140. The van der Waals surface area contributed by atoms with Crippen LogP contribution in [0.25, 0.3) is 11.1 Å². The molecule has 0 bridgehead atoms. The van der Waals surface area contributed by atoms with Crippen molar-refractivity contribution in [2.75, 3.05) is 16.8 Å². The Balaban J connectivity index is 1.37. The van der Waals surface area contributed by atoms with Crippen molar-refractivity contribution in [2.45, 2.75) is 19.4 Å². The second-order valence-corrected chi connectivity index (χ2v) is 9.52. The molecular formula is C21H21N5O3S. The maximum atomic E-state index is 12.3. The highest BCUT2D eigenvalue weighted by atomic mass is 32.2. The highest BCUT2D eigenvalue weighted by Gasteiger charge is 2.29. The number of benzene rings is 1. The minimum absolute atomic E-state index is 0.0195. The van der Waals surface area contributed by atoms with E-state index >= 15 is 0 Å². The molecule has 1 aliphatic heterocycles. The normalized spacial score (nSPS) is 17.4. The lowest BCUT2D eigenvalue weighted by molar-refractivity contribution is 0.0936. The monoisotopic (exact) mass is 423 g/mol. The van der Waals surface area contributed by atoms with Gasteiger partial charge in [-0.05, 0) is 31.0 Å². The number of nitrogens with one attached hydrogen (secondary N) is 2. The van der Waals surface area contributed by atoms with Crippen LogP contribution in [0.1, 0.15) is 22.5 Å². The van der Waals surface area contributed by atoms with Gasteiger partial charge in [0.15, 0.2) is 9.84 Å². The molecule has 1 aromatic carbocycles. The van der Waals surface area contributed by atoms with E-state index in [0.29, 0.717) is 18.1 Å². The van der Waals surface area contributed by atoms with E-state index in [2.05, 4.69) is 25.6 Å². The molecule has 30 heavy (non-hydrogen) atoms. The summed E-state index contributed by atoms with van der Waals surface area (Å²) in [6.07, 6.45) is 5.43. The Hall–Kier alpha value is -3.33. The van der Waals surface area contributed by atoms with Gasteiger partial charge in [0.2, 0.25) is 5.95 Å². The van der Waals surface area contributed by atoms with Gasteiger partial charge in [-0.1, -0.05) is 29.8 Å². The van der Waals surface area contributed by atoms with E-state index in [4.69, 9.17) is 0 Å². The summed E-state index contributed by atoms with van der Waals surface area (Å²) in [5.74, 6) is 0.119. The first-order chi connectivity index (χ1) is 14.4. The largest absolute Gasteiger partial charge is 0.347 e. The Morgan fingerprint density at radius 2 is 1.70 bits per heavy atom. The Morgan fingerprint density at radius 3 is 2.30 bits per heavy atom. The molecule has 154 valence electrons. The van der Waals surface area contributed by atoms with Crippen molar-refractivity contribution in [1.29, 1.82) is 0 Å². The molecule has 1 fully saturated rings. The second kappa shape index (κ2) is 8.19. The number of sulfone groups is 1. The van der Waals surface area contributed by atoms with Gasteiger partial charge in [0.25, 0.3) is 5.91 Å². The summed E-state index contributed by atoms with van der Waals surface area (Å²) in [5.41, 5.74) is 4.01. The lowest BCUT2D eigenvalue weighted by Crippen LogP contribution is -2.36. The summed E-state index contributed by atoms with van der Waals surface area (Å²) in [6.45, 7) is 2.04. The lowest BCUT2D eigenvalue weighted by Gasteiger charge is -2.11. The summed E-state index contributed by atoms with van der Waals surface area (Å²) in [5, 5.41) is 5.77. The minimum Gasteiger partial charge on any atom is -0.347 e. The van der Waals surface area contributed by atoms with Crippen LogP contribution in [0.5, 0.6) is 0 Å². The number of hydrogen-bond donors (Lipinski definition) is 2. The summed E-state index contributed by atoms with van der Waals surface area (Å²) in [6, 6.07) is 11.0. The molecule has 1 aliphatic rings. The number of amides is 1. The Morgan fingerprint density at radius 1 is 0.967 bits per heavy atom. The number of aryl methyl sites for hydroxylation is 1. The molecule has 9 heteroatoms. The van der Waals surface area contributed by atoms with Crippen LogP contribution in [0.3, 0.4) is 0 Å². The molecule has 0 radical (unpaired) electrons. The standard InChI is InChI=1S/C21H21N5O3S/c1-14-2-4-15(5-3-14)16-10-23-21(24-11-16)26-17-6-7-19(22-12-17)20(27)25-18-8-9-30(28,29)13-18/h2-7,10-12,18H,8-9,13H2,1H3,(H,25,27)(H,23,24,26). The summed E-state index contributed by atoms with van der Waals surface area (Å²) >= 11 is 0. The molecule has 0 saturated carbocycles. The third kappa shape index (κ3) is 4.80. The van der Waals surface area contributed by atoms with Crippen molar-refractivity contribution in [3.8, 4) is 11.1 Å². The fraction of sp³-hybridized carbons (Fsp3) is 0.238. The van der Waals surface area contributed by atoms with Crippen LogP contribution in [0, 0.1) is 6.92 Å². The molecule has 3 heterocycles. The average Bonchev–Trinajstić information content (AvgIpc) is 3.08. The van der Waals surface area contributed by atoms with Gasteiger partial charge in [0.05, 0.1) is 23.4 Å². The first-order valence-corrected chi connectivity index (χ1v) is 11.3. The van der Waals surface area contributed by atoms with Crippen LogP contribution in [0.4, 0.5) is 11.6 Å². The zero-order valence-electron chi connectivity index (χ0n) is 16.4. The third-order valence-electron chi connectivity index (χ3n) is 4.86. The van der Waals surface area contributed by atoms with Crippen molar-refractivity contribution in [1.82, 2.24) is 20.3 Å². The van der Waals surface area contributed by atoms with Gasteiger partial charge in [-0.3, -0.25) is 4.79 Å². The summed E-state index contributed by atoms with van der Waals surface area (Å²) in [4.78, 5) is 25.1. The van der Waals surface area contributed by atoms with Crippen molar-refractivity contribution < 1.29 is 13.2 Å². The topological polar surface area (TPSA) is 114 Å². The number of aromatic nitrogens is 3. The van der Waals surface area contributed by atoms with Crippen LogP contribution in [-0.2, 0) is 9.84 Å². The fourth-order valence-corrected chi connectivity index (χ4v) is 4.86. The molecule has 2 N–H and O–H groups in total. The van der Waals surface area contributed by atoms with E-state index in [1.54, 1.807) is 24.5 Å². The Labute approximate surface area is 174 Å². The number of pyridine rings is 1. The third-order valence-corrected chi connectivity index (χ3v) is 6.62. The zero-order valence-corrected chi connectivity index (χ0v) is 17.2. The maximum Gasteiger partial charge on any atom is 0.270 e. The van der Waals surface area contributed by atoms with Crippen LogP contribution >= 0.6 is 0 Å². The molecule has 2 aromatic heterocycles. The number of carbonyl (C=O) groups excluding carboxylic acids is 1. The van der Waals surface area contributed by atoms with Gasteiger partial charge < -0.3 is 10.6 Å². The van der Waals surface area contributed by atoms with E-state index in [0.717, 1.165) is 11.1 Å². The van der Waals surface area contributed by atoms with Gasteiger partial charge in [0.1, 0.15) is 5.69 Å². The Kier molecular flexibility index (Phi) is 5.45. The van der Waals surface area contributed by atoms with Gasteiger partial charge in [-0.2, -0.15) is 0 Å². The quantitative estimate of drug-likeness (QED) is 0.648. The van der Waals surface area contributed by atoms with Gasteiger partial charge in [0, 0.05) is 24.0 Å². The zero-order chi connectivity index (χ0) is 21.1. The number of rotatable bonds is 5. The van der Waals surface area contributed by atoms with E-state index in [1.165, 1.54) is 11.8 Å². The van der Waals surface area contributed by atoms with Gasteiger partial charge in [-0.25, -0.2) is 23.4 Å². The number of hydrogen-bond acceptors (Lipinski definition) is 7. The number of nitrogens with zero attached hydrogens (tertiary/aromatic N) is 3. The number of anilines is 2. The molecule has 1 atom stereocenters. The maximum absolute atomic E-state index is 12.3. The van der Waals surface area contributed by atoms with Crippen molar-refractivity contribution in [3.63, 3.8) is 0 Å². The van der Waals surface area contributed by atoms with E-state index in [9.17, 15) is 13.2 Å². The fourth-order valence-electron chi connectivity index (χ4n) is 3.19. The molecule has 8 nitrogen and oxygen atoms in total. The van der Waals surface area contributed by atoms with Crippen molar-refractivity contribution in [3.05, 3.63) is 66.2 Å². The van der Waals surface area contributed by atoms with E-state index in [-0.39, 0.29) is 29.1 Å². The molecule has 4 rings (SSSR count). The molecule has 1 amide bonds. The predicted molar refractivity (Wildman–Crippen MR) is 114 cm³/mol. The van der Waals surface area contributed by atoms with Crippen molar-refractivity contribution >= 4 is 27.4 Å². The average molecular weight is 423 g/mol. The van der Waals surface area contributed by atoms with Gasteiger partial charge >= 0.3 is 0 Å². The molecular weight excluding hydrogens is 402 g/mol. The molecule has 0 aliphatic carbocycles. The molecule has 1 saturated heterocycles. The predicted octanol–water partition coefficient (Wildman–Crippen LogP) is 2.51. The second-order valence-electron chi connectivity index (χ2n) is 7.29. The lowest BCUT2D eigenvalue weighted by atomic mass is 10.1.